The molecular weight excluding hydrogens is 120 g/mol. The van der Waals surface area contributed by atoms with E-state index in [1.54, 1.807) is 18.7 Å². The summed E-state index contributed by atoms with van der Waals surface area (Å²) in [6.45, 7) is 0. The molecule has 0 saturated carbocycles. The molecule has 2 radical (unpaired) electrons. The van der Waals surface area contributed by atoms with Crippen molar-refractivity contribution in [2.24, 2.45) is 0 Å². The van der Waals surface area contributed by atoms with Crippen LogP contribution < -0.4 is 0 Å². The number of aromatic amines is 1. The molecule has 1 rings (SSSR count). The maximum atomic E-state index is 3.67. The van der Waals surface area contributed by atoms with E-state index in [0.29, 0.717) is 0 Å². The standard InChI is InChI=1S/C3H4N2.Mg.2H2O/c1-2-5-3-4-1;;;/h1-3H,(H,4,5);;2*1H2. The van der Waals surface area contributed by atoms with Gasteiger partial charge in [0.15, 0.2) is 0 Å². The van der Waals surface area contributed by atoms with Gasteiger partial charge in [-0.3, -0.25) is 0 Å². The van der Waals surface area contributed by atoms with Crippen LogP contribution in [0, 0.1) is 0 Å². The zero-order valence-electron chi connectivity index (χ0n) is 4.39. The number of hydrogen-bond acceptors (Lipinski definition) is 1. The van der Waals surface area contributed by atoms with Crippen LogP contribution in [0.3, 0.4) is 0 Å². The van der Waals surface area contributed by atoms with E-state index in [2.05, 4.69) is 9.97 Å². The second-order valence-electron chi connectivity index (χ2n) is 0.761. The molecule has 1 aromatic heterocycles. The fourth-order valence-corrected chi connectivity index (χ4v) is 0.215. The highest BCUT2D eigenvalue weighted by Gasteiger charge is 1.56. The SMILES string of the molecule is O.O.[Mg].c1c[nH]cn1. The smallest absolute Gasteiger partial charge is 0.0919 e. The van der Waals surface area contributed by atoms with Crippen molar-refractivity contribution >= 4 is 23.1 Å². The molecule has 1 heterocycles. The lowest BCUT2D eigenvalue weighted by Crippen LogP contribution is -1.44. The predicted octanol–water partition coefficient (Wildman–Crippen LogP) is -1.62. The molecule has 4 nitrogen and oxygen atoms in total. The highest BCUT2D eigenvalue weighted by atomic mass is 24.3. The molecule has 5 N–H and O–H groups in total. The van der Waals surface area contributed by atoms with E-state index in [-0.39, 0.29) is 34.0 Å². The van der Waals surface area contributed by atoms with Crippen molar-refractivity contribution in [2.45, 2.75) is 0 Å². The number of H-pyrrole nitrogens is 1. The van der Waals surface area contributed by atoms with Gasteiger partial charge in [0.25, 0.3) is 0 Å². The normalized spacial score (nSPS) is 5.00. The molecule has 8 heavy (non-hydrogen) atoms. The number of nitrogens with zero attached hydrogens (tertiary/aromatic N) is 1. The number of rotatable bonds is 0. The first-order valence-corrected chi connectivity index (χ1v) is 1.43. The Balaban J connectivity index is -0.0000000833. The van der Waals surface area contributed by atoms with E-state index in [1.165, 1.54) is 0 Å². The fraction of sp³-hybridized carbons (Fsp3) is 0. The van der Waals surface area contributed by atoms with Crippen LogP contribution in [0.1, 0.15) is 0 Å². The molecule has 0 atom stereocenters. The molecule has 0 spiro atoms. The highest BCUT2D eigenvalue weighted by Crippen LogP contribution is 1.62. The molecule has 1 aromatic rings. The van der Waals surface area contributed by atoms with Crippen molar-refractivity contribution in [1.29, 1.82) is 0 Å². The first kappa shape index (κ1) is 15.7. The van der Waals surface area contributed by atoms with Crippen molar-refractivity contribution in [3.63, 3.8) is 0 Å². The van der Waals surface area contributed by atoms with Crippen LogP contribution in [0.25, 0.3) is 0 Å². The average molecular weight is 128 g/mol. The lowest BCUT2D eigenvalue weighted by Gasteiger charge is -1.46. The summed E-state index contributed by atoms with van der Waals surface area (Å²) < 4.78 is 0. The van der Waals surface area contributed by atoms with E-state index in [1.807, 2.05) is 0 Å². The third-order valence-corrected chi connectivity index (χ3v) is 0.406. The topological polar surface area (TPSA) is 91.7 Å². The second-order valence-corrected chi connectivity index (χ2v) is 0.761. The van der Waals surface area contributed by atoms with Crippen molar-refractivity contribution in [3.05, 3.63) is 18.7 Å². The van der Waals surface area contributed by atoms with Gasteiger partial charge < -0.3 is 15.9 Å². The van der Waals surface area contributed by atoms with E-state index in [9.17, 15) is 0 Å². The van der Waals surface area contributed by atoms with Crippen LogP contribution in [0.2, 0.25) is 0 Å². The van der Waals surface area contributed by atoms with E-state index >= 15 is 0 Å². The molecule has 0 fully saturated rings. The monoisotopic (exact) mass is 128 g/mol. The Bertz CT molecular complexity index is 71.8. The lowest BCUT2D eigenvalue weighted by molar-refractivity contribution is 0.823. The zero-order chi connectivity index (χ0) is 3.54. The highest BCUT2D eigenvalue weighted by molar-refractivity contribution is 5.75. The van der Waals surface area contributed by atoms with Gasteiger partial charge in [-0.15, -0.1) is 0 Å². The molecule has 0 aliphatic carbocycles. The maximum absolute atomic E-state index is 3.67. The Labute approximate surface area is 63.1 Å². The molecule has 0 aromatic carbocycles. The van der Waals surface area contributed by atoms with Crippen LogP contribution in [-0.2, 0) is 0 Å². The Morgan fingerprint density at radius 3 is 2.00 bits per heavy atom. The number of nitrogens with one attached hydrogen (secondary N) is 1. The summed E-state index contributed by atoms with van der Waals surface area (Å²) in [6.07, 6.45) is 5.08. The molecule has 0 aliphatic heterocycles. The third kappa shape index (κ3) is 5.90. The fourth-order valence-electron chi connectivity index (χ4n) is 0.215. The van der Waals surface area contributed by atoms with Crippen LogP contribution in [0.4, 0.5) is 0 Å². The number of aromatic nitrogens is 2. The average Bonchev–Trinajstić information content (AvgIpc) is 1.76. The minimum absolute atomic E-state index is 0. The summed E-state index contributed by atoms with van der Waals surface area (Å²) in [4.78, 5) is 6.42. The summed E-state index contributed by atoms with van der Waals surface area (Å²) >= 11 is 0. The molecule has 44 valence electrons. The summed E-state index contributed by atoms with van der Waals surface area (Å²) in [5.41, 5.74) is 0. The van der Waals surface area contributed by atoms with Gasteiger partial charge in [0.2, 0.25) is 0 Å². The van der Waals surface area contributed by atoms with E-state index < -0.39 is 0 Å². The lowest BCUT2D eigenvalue weighted by atomic mass is 11.0. The number of hydrogen-bond donors (Lipinski definition) is 1. The maximum Gasteiger partial charge on any atom is 0.0919 e. The van der Waals surface area contributed by atoms with Crippen molar-refractivity contribution in [2.75, 3.05) is 0 Å². The van der Waals surface area contributed by atoms with Gasteiger partial charge in [-0.25, -0.2) is 4.98 Å². The minimum Gasteiger partial charge on any atom is -0.412 e. The van der Waals surface area contributed by atoms with Gasteiger partial charge in [-0.05, 0) is 0 Å². The zero-order valence-corrected chi connectivity index (χ0v) is 5.80. The summed E-state index contributed by atoms with van der Waals surface area (Å²) in [6, 6.07) is 0. The Kier molecular flexibility index (Phi) is 19.6. The third-order valence-electron chi connectivity index (χ3n) is 0.406. The second kappa shape index (κ2) is 10.0. The molecule has 0 bridgehead atoms. The first-order valence-electron chi connectivity index (χ1n) is 1.43. The Morgan fingerprint density at radius 1 is 1.25 bits per heavy atom. The largest absolute Gasteiger partial charge is 0.412 e. The van der Waals surface area contributed by atoms with Crippen molar-refractivity contribution in [1.82, 2.24) is 9.97 Å². The Hall–Kier alpha value is -0.104. The van der Waals surface area contributed by atoms with Gasteiger partial charge in [0.05, 0.1) is 6.33 Å². The van der Waals surface area contributed by atoms with Crippen LogP contribution >= 0.6 is 0 Å². The first-order chi connectivity index (χ1) is 2.50. The minimum atomic E-state index is 0. The van der Waals surface area contributed by atoms with Crippen molar-refractivity contribution < 1.29 is 11.0 Å². The van der Waals surface area contributed by atoms with Gasteiger partial charge in [0.1, 0.15) is 0 Å². The quantitative estimate of drug-likeness (QED) is 0.418. The van der Waals surface area contributed by atoms with Gasteiger partial charge in [-0.2, -0.15) is 0 Å². The van der Waals surface area contributed by atoms with E-state index in [4.69, 9.17) is 0 Å². The van der Waals surface area contributed by atoms with Gasteiger partial charge in [-0.1, -0.05) is 0 Å². The molecular formula is C3H8MgN2O2. The van der Waals surface area contributed by atoms with Gasteiger partial charge in [0, 0.05) is 35.4 Å². The molecule has 5 heteroatoms. The molecule has 0 unspecified atom stereocenters. The van der Waals surface area contributed by atoms with Crippen molar-refractivity contribution in [3.8, 4) is 0 Å². The summed E-state index contributed by atoms with van der Waals surface area (Å²) in [7, 11) is 0. The summed E-state index contributed by atoms with van der Waals surface area (Å²) in [5, 5.41) is 0. The molecule has 0 saturated heterocycles. The van der Waals surface area contributed by atoms with Crippen LogP contribution in [0.5, 0.6) is 0 Å². The predicted molar refractivity (Wildman–Crippen MR) is 31.6 cm³/mol. The number of imidazole rings is 1. The van der Waals surface area contributed by atoms with Crippen LogP contribution in [0.15, 0.2) is 18.7 Å². The van der Waals surface area contributed by atoms with Gasteiger partial charge >= 0.3 is 0 Å². The molecule has 0 aliphatic rings. The van der Waals surface area contributed by atoms with E-state index in [0.717, 1.165) is 0 Å². The molecule has 0 amide bonds. The van der Waals surface area contributed by atoms with Crippen LogP contribution in [-0.4, -0.2) is 44.0 Å². The summed E-state index contributed by atoms with van der Waals surface area (Å²) in [5.74, 6) is 0. The Morgan fingerprint density at radius 2 is 1.88 bits per heavy atom.